The van der Waals surface area contributed by atoms with Gasteiger partial charge in [-0.1, -0.05) is 25.4 Å². The van der Waals surface area contributed by atoms with Gasteiger partial charge in [-0.25, -0.2) is 0 Å². The van der Waals surface area contributed by atoms with Crippen LogP contribution in [-0.4, -0.2) is 10.3 Å². The summed E-state index contributed by atoms with van der Waals surface area (Å²) in [6.07, 6.45) is 3.81. The molecule has 1 fully saturated rings. The van der Waals surface area contributed by atoms with Gasteiger partial charge in [0.15, 0.2) is 0 Å². The van der Waals surface area contributed by atoms with Gasteiger partial charge in [-0.2, -0.15) is 0 Å². The number of hydrogen-bond acceptors (Lipinski definition) is 2. The van der Waals surface area contributed by atoms with Crippen LogP contribution in [0.1, 0.15) is 38.7 Å². The molecule has 0 radical (unpaired) electrons. The van der Waals surface area contributed by atoms with Crippen LogP contribution < -0.4 is 0 Å². The Morgan fingerprint density at radius 3 is 2.71 bits per heavy atom. The first-order chi connectivity index (χ1) is 9.88. The van der Waals surface area contributed by atoms with Crippen LogP contribution in [0.25, 0.3) is 0 Å². The molecule has 1 aromatic rings. The van der Waals surface area contributed by atoms with Gasteiger partial charge >= 0.3 is 0 Å². The summed E-state index contributed by atoms with van der Waals surface area (Å²) in [6, 6.07) is 4.77. The van der Waals surface area contributed by atoms with E-state index in [0.29, 0.717) is 28.8 Å². The minimum atomic E-state index is -0.336. The van der Waals surface area contributed by atoms with E-state index in [1.165, 1.54) is 6.07 Å². The van der Waals surface area contributed by atoms with Gasteiger partial charge in [0.25, 0.3) is 5.69 Å². The first-order valence-electron chi connectivity index (χ1n) is 7.45. The molecule has 0 aliphatic heterocycles. The van der Waals surface area contributed by atoms with Gasteiger partial charge < -0.3 is 0 Å². The molecule has 0 saturated heterocycles. The van der Waals surface area contributed by atoms with E-state index >= 15 is 0 Å². The zero-order valence-electron chi connectivity index (χ0n) is 12.4. The zero-order chi connectivity index (χ0) is 15.6. The van der Waals surface area contributed by atoms with E-state index < -0.39 is 0 Å². The lowest BCUT2D eigenvalue weighted by Gasteiger charge is -2.35. The largest absolute Gasteiger partial charge is 0.272 e. The third-order valence-corrected chi connectivity index (χ3v) is 5.40. The minimum Gasteiger partial charge on any atom is -0.258 e. The maximum atomic E-state index is 11.2. The molecule has 0 aromatic heterocycles. The quantitative estimate of drug-likeness (QED) is 0.417. The van der Waals surface area contributed by atoms with E-state index in [4.69, 9.17) is 23.2 Å². The number of hydrogen-bond donors (Lipinski definition) is 0. The maximum Gasteiger partial charge on any atom is 0.272 e. The summed E-state index contributed by atoms with van der Waals surface area (Å²) in [6.45, 7) is 4.47. The number of rotatable bonds is 4. The standard InChI is InChI=1S/C16H21Cl2NO2/c1-10(2)11-3-5-15(18)12(7-11)8-13-9-14(17)4-6-16(13)19(20)21/h4,6,9-12,15H,3,5,7-8H2,1-2H3. The highest BCUT2D eigenvalue weighted by molar-refractivity contribution is 6.30. The number of nitrogens with zero attached hydrogens (tertiary/aromatic N) is 1. The van der Waals surface area contributed by atoms with Crippen molar-refractivity contribution in [2.45, 2.75) is 44.9 Å². The Hall–Kier alpha value is -0.800. The van der Waals surface area contributed by atoms with Crippen molar-refractivity contribution in [1.29, 1.82) is 0 Å². The predicted octanol–water partition coefficient (Wildman–Crippen LogP) is 5.47. The summed E-state index contributed by atoms with van der Waals surface area (Å²) in [5, 5.41) is 11.8. The smallest absolute Gasteiger partial charge is 0.258 e. The Morgan fingerprint density at radius 2 is 2.10 bits per heavy atom. The Kier molecular flexibility index (Phi) is 5.50. The monoisotopic (exact) mass is 329 g/mol. The van der Waals surface area contributed by atoms with E-state index in [9.17, 15) is 10.1 Å². The fraction of sp³-hybridized carbons (Fsp3) is 0.625. The lowest BCUT2D eigenvalue weighted by atomic mass is 9.74. The van der Waals surface area contributed by atoms with Crippen LogP contribution in [-0.2, 0) is 6.42 Å². The third-order valence-electron chi connectivity index (χ3n) is 4.59. The van der Waals surface area contributed by atoms with Crippen molar-refractivity contribution in [2.24, 2.45) is 17.8 Å². The molecule has 1 saturated carbocycles. The van der Waals surface area contributed by atoms with Gasteiger partial charge in [0.1, 0.15) is 0 Å². The molecule has 0 N–H and O–H groups in total. The molecule has 1 aromatic carbocycles. The first-order valence-corrected chi connectivity index (χ1v) is 8.26. The molecule has 21 heavy (non-hydrogen) atoms. The zero-order valence-corrected chi connectivity index (χ0v) is 13.9. The third kappa shape index (κ3) is 4.10. The highest BCUT2D eigenvalue weighted by Crippen LogP contribution is 2.39. The lowest BCUT2D eigenvalue weighted by Crippen LogP contribution is -2.29. The lowest BCUT2D eigenvalue weighted by molar-refractivity contribution is -0.385. The molecule has 0 heterocycles. The van der Waals surface area contributed by atoms with Crippen molar-refractivity contribution in [3.05, 3.63) is 38.9 Å². The summed E-state index contributed by atoms with van der Waals surface area (Å²) in [4.78, 5) is 10.8. The Balaban J connectivity index is 2.19. The molecular weight excluding hydrogens is 309 g/mol. The molecule has 1 aliphatic rings. The van der Waals surface area contributed by atoms with Gasteiger partial charge in [-0.05, 0) is 55.6 Å². The van der Waals surface area contributed by atoms with Crippen LogP contribution in [0.5, 0.6) is 0 Å². The van der Waals surface area contributed by atoms with Crippen molar-refractivity contribution < 1.29 is 4.92 Å². The van der Waals surface area contributed by atoms with E-state index in [2.05, 4.69) is 13.8 Å². The highest BCUT2D eigenvalue weighted by atomic mass is 35.5. The van der Waals surface area contributed by atoms with Gasteiger partial charge in [-0.3, -0.25) is 10.1 Å². The van der Waals surface area contributed by atoms with E-state index in [0.717, 1.165) is 19.3 Å². The van der Waals surface area contributed by atoms with Crippen molar-refractivity contribution in [3.8, 4) is 0 Å². The van der Waals surface area contributed by atoms with Crippen molar-refractivity contribution in [2.75, 3.05) is 0 Å². The molecule has 0 spiro atoms. The average Bonchev–Trinajstić information content (AvgIpc) is 2.40. The molecule has 2 rings (SSSR count). The number of nitro groups is 1. The van der Waals surface area contributed by atoms with Crippen molar-refractivity contribution >= 4 is 28.9 Å². The summed E-state index contributed by atoms with van der Waals surface area (Å²) in [5.74, 6) is 1.57. The Labute approximate surface area is 135 Å². The molecule has 3 nitrogen and oxygen atoms in total. The molecule has 5 heteroatoms. The normalized spacial score (nSPS) is 26.0. The van der Waals surface area contributed by atoms with E-state index in [1.54, 1.807) is 12.1 Å². The van der Waals surface area contributed by atoms with E-state index in [1.807, 2.05) is 0 Å². The fourth-order valence-corrected chi connectivity index (χ4v) is 3.77. The highest BCUT2D eigenvalue weighted by Gasteiger charge is 2.32. The van der Waals surface area contributed by atoms with Gasteiger partial charge in [0.2, 0.25) is 0 Å². The minimum absolute atomic E-state index is 0.0959. The fourth-order valence-electron chi connectivity index (χ4n) is 3.26. The van der Waals surface area contributed by atoms with Crippen molar-refractivity contribution in [3.63, 3.8) is 0 Å². The van der Waals surface area contributed by atoms with E-state index in [-0.39, 0.29) is 21.9 Å². The van der Waals surface area contributed by atoms with Gasteiger partial charge in [0, 0.05) is 22.0 Å². The second kappa shape index (κ2) is 6.97. The number of alkyl halides is 1. The summed E-state index contributed by atoms with van der Waals surface area (Å²) < 4.78 is 0. The molecule has 1 aliphatic carbocycles. The predicted molar refractivity (Wildman–Crippen MR) is 87.1 cm³/mol. The van der Waals surface area contributed by atoms with Crippen LogP contribution in [0.15, 0.2) is 18.2 Å². The Morgan fingerprint density at radius 1 is 1.38 bits per heavy atom. The van der Waals surface area contributed by atoms with Crippen LogP contribution in [0.4, 0.5) is 5.69 Å². The van der Waals surface area contributed by atoms with Gasteiger partial charge in [0.05, 0.1) is 4.92 Å². The summed E-state index contributed by atoms with van der Waals surface area (Å²) >= 11 is 12.5. The van der Waals surface area contributed by atoms with Crippen molar-refractivity contribution in [1.82, 2.24) is 0 Å². The average molecular weight is 330 g/mol. The van der Waals surface area contributed by atoms with Crippen LogP contribution >= 0.6 is 23.2 Å². The number of nitro benzene ring substituents is 1. The summed E-state index contributed by atoms with van der Waals surface area (Å²) in [7, 11) is 0. The van der Waals surface area contributed by atoms with Gasteiger partial charge in [-0.15, -0.1) is 11.6 Å². The molecule has 3 atom stereocenters. The number of halogens is 2. The second-order valence-electron chi connectivity index (χ2n) is 6.33. The molecule has 116 valence electrons. The van der Waals surface area contributed by atoms with Crippen LogP contribution in [0.2, 0.25) is 5.02 Å². The molecular formula is C16H21Cl2NO2. The van der Waals surface area contributed by atoms with Crippen LogP contribution in [0.3, 0.4) is 0 Å². The molecule has 0 bridgehead atoms. The second-order valence-corrected chi connectivity index (χ2v) is 7.32. The molecule has 3 unspecified atom stereocenters. The maximum absolute atomic E-state index is 11.2. The number of benzene rings is 1. The first kappa shape index (κ1) is 16.6. The summed E-state index contributed by atoms with van der Waals surface area (Å²) in [5.41, 5.74) is 0.850. The van der Waals surface area contributed by atoms with Crippen LogP contribution in [0, 0.1) is 27.9 Å². The topological polar surface area (TPSA) is 43.1 Å². The SMILES string of the molecule is CC(C)C1CCC(Cl)C(Cc2cc(Cl)ccc2[N+](=O)[O-])C1. The Bertz CT molecular complexity index is 519. The molecule has 0 amide bonds.